The number of thiophene rings is 1. The lowest BCUT2D eigenvalue weighted by atomic mass is 10.1. The van der Waals surface area contributed by atoms with Gasteiger partial charge in [0.25, 0.3) is 17.7 Å². The molecule has 3 amide bonds. The first kappa shape index (κ1) is 28.0. The van der Waals surface area contributed by atoms with E-state index in [-0.39, 0.29) is 30.1 Å². The van der Waals surface area contributed by atoms with E-state index in [1.165, 1.54) is 23.5 Å². The zero-order valence-corrected chi connectivity index (χ0v) is 23.5. The topological polar surface area (TPSA) is 81.8 Å². The Hall–Kier alpha value is -4.50. The van der Waals surface area contributed by atoms with Crippen molar-refractivity contribution < 1.29 is 18.8 Å². The van der Waals surface area contributed by atoms with Crippen molar-refractivity contribution in [1.29, 1.82) is 0 Å². The van der Waals surface area contributed by atoms with E-state index in [0.29, 0.717) is 47.9 Å². The average Bonchev–Trinajstić information content (AvgIpc) is 3.42. The highest BCUT2D eigenvalue weighted by Crippen LogP contribution is 2.27. The second-order valence-electron chi connectivity index (χ2n) is 9.97. The predicted molar refractivity (Wildman–Crippen MR) is 160 cm³/mol. The maximum atomic E-state index is 13.5. The number of amides is 3. The fraction of sp³-hybridized carbons (Fsp3) is 0.219. The summed E-state index contributed by atoms with van der Waals surface area (Å²) < 4.78 is 13.3. The Kier molecular flexibility index (Phi) is 8.74. The molecule has 1 aliphatic rings. The van der Waals surface area contributed by atoms with Crippen LogP contribution in [0.25, 0.3) is 0 Å². The third kappa shape index (κ3) is 6.99. The van der Waals surface area contributed by atoms with Gasteiger partial charge in [-0.05, 0) is 72.8 Å². The van der Waals surface area contributed by atoms with Crippen molar-refractivity contribution in [3.05, 3.63) is 117 Å². The van der Waals surface area contributed by atoms with Gasteiger partial charge in [-0.15, -0.1) is 11.3 Å². The number of nitrogens with zero attached hydrogens (tertiary/aromatic N) is 2. The van der Waals surface area contributed by atoms with Crippen LogP contribution in [0.3, 0.4) is 0 Å². The third-order valence-corrected chi connectivity index (χ3v) is 7.90. The van der Waals surface area contributed by atoms with Crippen molar-refractivity contribution in [2.75, 3.05) is 36.4 Å². The normalized spacial score (nSPS) is 13.4. The molecule has 1 fully saturated rings. The van der Waals surface area contributed by atoms with Gasteiger partial charge in [0.2, 0.25) is 0 Å². The third-order valence-electron chi connectivity index (χ3n) is 7.03. The van der Waals surface area contributed by atoms with Crippen LogP contribution in [0.5, 0.6) is 0 Å². The Bertz CT molecular complexity index is 1520. The molecule has 3 aromatic carbocycles. The van der Waals surface area contributed by atoms with E-state index in [9.17, 15) is 18.8 Å². The first-order valence-electron chi connectivity index (χ1n) is 13.5. The molecule has 41 heavy (non-hydrogen) atoms. The highest BCUT2D eigenvalue weighted by atomic mass is 32.1. The average molecular weight is 571 g/mol. The first-order valence-corrected chi connectivity index (χ1v) is 14.4. The summed E-state index contributed by atoms with van der Waals surface area (Å²) >= 11 is 1.34. The van der Waals surface area contributed by atoms with Gasteiger partial charge >= 0.3 is 0 Å². The Morgan fingerprint density at radius 1 is 0.878 bits per heavy atom. The second kappa shape index (κ2) is 12.8. The van der Waals surface area contributed by atoms with Gasteiger partial charge in [-0.3, -0.25) is 14.4 Å². The maximum absolute atomic E-state index is 13.5. The lowest BCUT2D eigenvalue weighted by Crippen LogP contribution is -2.36. The van der Waals surface area contributed by atoms with Crippen LogP contribution in [0, 0.1) is 12.7 Å². The van der Waals surface area contributed by atoms with Crippen LogP contribution < -0.4 is 15.5 Å². The van der Waals surface area contributed by atoms with Crippen LogP contribution in [0.15, 0.2) is 84.2 Å². The van der Waals surface area contributed by atoms with E-state index in [1.54, 1.807) is 30.3 Å². The SMILES string of the molecule is Cc1ccc(C(=O)N2CCCN(c3ccc(NC(=O)c4cccs4)cc3C(=O)NCc3ccc(F)cc3)CC2)cc1. The summed E-state index contributed by atoms with van der Waals surface area (Å²) in [7, 11) is 0. The van der Waals surface area contributed by atoms with Crippen molar-refractivity contribution in [3.63, 3.8) is 0 Å². The molecule has 0 aliphatic carbocycles. The fourth-order valence-electron chi connectivity index (χ4n) is 4.79. The monoisotopic (exact) mass is 570 g/mol. The van der Waals surface area contributed by atoms with Crippen LogP contribution in [0.1, 0.15) is 47.9 Å². The molecule has 4 aromatic rings. The largest absolute Gasteiger partial charge is 0.369 e. The second-order valence-corrected chi connectivity index (χ2v) is 10.9. The predicted octanol–water partition coefficient (Wildman–Crippen LogP) is 5.73. The summed E-state index contributed by atoms with van der Waals surface area (Å²) in [5.74, 6) is -0.901. The number of rotatable bonds is 7. The van der Waals surface area contributed by atoms with Gasteiger partial charge in [-0.25, -0.2) is 4.39 Å². The van der Waals surface area contributed by atoms with E-state index < -0.39 is 0 Å². The molecule has 1 aromatic heterocycles. The number of nitrogens with one attached hydrogen (secondary N) is 2. The van der Waals surface area contributed by atoms with Gasteiger partial charge in [0.15, 0.2) is 0 Å². The van der Waals surface area contributed by atoms with Gasteiger partial charge in [-0.2, -0.15) is 0 Å². The lowest BCUT2D eigenvalue weighted by Gasteiger charge is -2.26. The molecule has 210 valence electrons. The molecular formula is C32H31FN4O3S. The minimum Gasteiger partial charge on any atom is -0.369 e. The lowest BCUT2D eigenvalue weighted by molar-refractivity contribution is 0.0766. The van der Waals surface area contributed by atoms with Gasteiger partial charge in [0, 0.05) is 49.7 Å². The zero-order chi connectivity index (χ0) is 28.8. The van der Waals surface area contributed by atoms with Crippen LogP contribution in [-0.2, 0) is 6.54 Å². The summed E-state index contributed by atoms with van der Waals surface area (Å²) in [6, 6.07) is 22.4. The fourth-order valence-corrected chi connectivity index (χ4v) is 5.41. The molecule has 9 heteroatoms. The molecular weight excluding hydrogens is 539 g/mol. The molecule has 2 N–H and O–H groups in total. The van der Waals surface area contributed by atoms with Gasteiger partial charge in [-0.1, -0.05) is 35.9 Å². The molecule has 1 saturated heterocycles. The highest BCUT2D eigenvalue weighted by Gasteiger charge is 2.24. The Morgan fingerprint density at radius 2 is 1.66 bits per heavy atom. The maximum Gasteiger partial charge on any atom is 0.265 e. The Labute approximate surface area is 242 Å². The van der Waals surface area contributed by atoms with Crippen molar-refractivity contribution in [1.82, 2.24) is 10.2 Å². The summed E-state index contributed by atoms with van der Waals surface area (Å²) in [5.41, 5.74) is 4.17. The zero-order valence-electron chi connectivity index (χ0n) is 22.7. The number of carbonyl (C=O) groups is 3. The molecule has 7 nitrogen and oxygen atoms in total. The summed E-state index contributed by atoms with van der Waals surface area (Å²) in [4.78, 5) is 43.9. The standard InChI is InChI=1S/C32H31FN4O3S/c1-22-5-9-24(10-6-22)32(40)37-16-3-15-36(17-18-37)28-14-13-26(35-31(39)29-4-2-19-41-29)20-27(28)30(38)34-21-23-7-11-25(33)12-8-23/h2,4-14,19-20H,3,15-18,21H2,1H3,(H,34,38)(H,35,39). The van der Waals surface area contributed by atoms with E-state index in [1.807, 2.05) is 53.6 Å². The van der Waals surface area contributed by atoms with Crippen molar-refractivity contribution in [2.24, 2.45) is 0 Å². The van der Waals surface area contributed by atoms with Crippen LogP contribution in [0.4, 0.5) is 15.8 Å². The molecule has 0 unspecified atom stereocenters. The van der Waals surface area contributed by atoms with E-state index in [4.69, 9.17) is 0 Å². The number of halogens is 1. The molecule has 0 saturated carbocycles. The first-order chi connectivity index (χ1) is 19.9. The summed E-state index contributed by atoms with van der Waals surface area (Å²) in [5, 5.41) is 7.64. The number of hydrogen-bond donors (Lipinski definition) is 2. The van der Waals surface area contributed by atoms with Crippen molar-refractivity contribution >= 4 is 40.4 Å². The van der Waals surface area contributed by atoms with Crippen LogP contribution >= 0.6 is 11.3 Å². The highest BCUT2D eigenvalue weighted by molar-refractivity contribution is 7.12. The van der Waals surface area contributed by atoms with Gasteiger partial charge in [0.05, 0.1) is 10.4 Å². The molecule has 2 heterocycles. The van der Waals surface area contributed by atoms with E-state index >= 15 is 0 Å². The summed E-state index contributed by atoms with van der Waals surface area (Å²) in [6.07, 6.45) is 0.741. The number of aryl methyl sites for hydroxylation is 1. The molecule has 0 radical (unpaired) electrons. The number of carbonyl (C=O) groups excluding carboxylic acids is 3. The minimum absolute atomic E-state index is 0.00393. The van der Waals surface area contributed by atoms with E-state index in [0.717, 1.165) is 23.2 Å². The smallest absolute Gasteiger partial charge is 0.265 e. The minimum atomic E-state index is -0.340. The number of benzene rings is 3. The molecule has 0 spiro atoms. The van der Waals surface area contributed by atoms with E-state index in [2.05, 4.69) is 15.5 Å². The van der Waals surface area contributed by atoms with Gasteiger partial charge in [0.1, 0.15) is 5.82 Å². The van der Waals surface area contributed by atoms with Crippen LogP contribution in [-0.4, -0.2) is 48.8 Å². The molecule has 0 atom stereocenters. The number of hydrogen-bond acceptors (Lipinski definition) is 5. The number of anilines is 2. The van der Waals surface area contributed by atoms with Crippen molar-refractivity contribution in [2.45, 2.75) is 19.9 Å². The van der Waals surface area contributed by atoms with Crippen LogP contribution in [0.2, 0.25) is 0 Å². The van der Waals surface area contributed by atoms with Crippen molar-refractivity contribution in [3.8, 4) is 0 Å². The Balaban J connectivity index is 1.35. The molecule has 0 bridgehead atoms. The molecule has 5 rings (SSSR count). The quantitative estimate of drug-likeness (QED) is 0.297. The summed E-state index contributed by atoms with van der Waals surface area (Å²) in [6.45, 7) is 4.56. The molecule has 1 aliphatic heterocycles. The Morgan fingerprint density at radius 3 is 2.39 bits per heavy atom. The van der Waals surface area contributed by atoms with Gasteiger partial charge < -0.3 is 20.4 Å².